The maximum atomic E-state index is 12.0. The topological polar surface area (TPSA) is 89.3 Å². The van der Waals surface area contributed by atoms with Gasteiger partial charge in [-0.15, -0.1) is 12.4 Å². The molecule has 0 aromatic heterocycles. The second kappa shape index (κ2) is 7.24. The van der Waals surface area contributed by atoms with Crippen molar-refractivity contribution in [2.45, 2.75) is 24.6 Å². The van der Waals surface area contributed by atoms with E-state index in [2.05, 4.69) is 5.32 Å². The Labute approximate surface area is 131 Å². The summed E-state index contributed by atoms with van der Waals surface area (Å²) in [5.41, 5.74) is 7.01. The Kier molecular flexibility index (Phi) is 6.19. The Balaban J connectivity index is 0.00000220. The molecular formula is C14H21ClN2O3S. The molecule has 1 aromatic rings. The summed E-state index contributed by atoms with van der Waals surface area (Å²) in [5.74, 6) is 0.263. The highest BCUT2D eigenvalue weighted by molar-refractivity contribution is 7.89. The van der Waals surface area contributed by atoms with Crippen LogP contribution in [-0.2, 0) is 15.6 Å². The van der Waals surface area contributed by atoms with Crippen LogP contribution >= 0.6 is 12.4 Å². The number of rotatable bonds is 6. The normalized spacial score (nSPS) is 15.9. The summed E-state index contributed by atoms with van der Waals surface area (Å²) in [7, 11) is -3.10. The number of nitrogens with two attached hydrogens (primary N) is 1. The minimum atomic E-state index is -3.10. The number of nitrogens with one attached hydrogen (secondary N) is 1. The molecule has 0 saturated heterocycles. The van der Waals surface area contributed by atoms with Crippen LogP contribution in [0.5, 0.6) is 0 Å². The summed E-state index contributed by atoms with van der Waals surface area (Å²) in [5, 5.41) is 2.80. The number of amides is 1. The Morgan fingerprint density at radius 1 is 1.43 bits per heavy atom. The van der Waals surface area contributed by atoms with E-state index >= 15 is 0 Å². The molecular weight excluding hydrogens is 312 g/mol. The van der Waals surface area contributed by atoms with E-state index in [9.17, 15) is 13.2 Å². The second-order valence-corrected chi connectivity index (χ2v) is 7.62. The third kappa shape index (κ3) is 6.03. The Morgan fingerprint density at radius 2 is 2.10 bits per heavy atom. The summed E-state index contributed by atoms with van der Waals surface area (Å²) < 4.78 is 22.5. The molecule has 0 bridgehead atoms. The number of benzene rings is 1. The van der Waals surface area contributed by atoms with Crippen LogP contribution in [-0.4, -0.2) is 33.2 Å². The summed E-state index contributed by atoms with van der Waals surface area (Å²) in [6.07, 6.45) is 3.45. The molecule has 2 rings (SSSR count). The van der Waals surface area contributed by atoms with Crippen LogP contribution < -0.4 is 11.1 Å². The van der Waals surface area contributed by atoms with Gasteiger partial charge in [-0.05, 0) is 36.5 Å². The van der Waals surface area contributed by atoms with Gasteiger partial charge in [0.1, 0.15) is 0 Å². The quantitative estimate of drug-likeness (QED) is 0.817. The predicted molar refractivity (Wildman–Crippen MR) is 85.3 cm³/mol. The van der Waals surface area contributed by atoms with Gasteiger partial charge in [-0.25, -0.2) is 8.42 Å². The van der Waals surface area contributed by atoms with Gasteiger partial charge in [-0.1, -0.05) is 12.1 Å². The molecule has 3 N–H and O–H groups in total. The number of hydrogen-bond donors (Lipinski definition) is 2. The zero-order valence-electron chi connectivity index (χ0n) is 11.9. The summed E-state index contributed by atoms with van der Waals surface area (Å²) in [4.78, 5) is 12.0. The van der Waals surface area contributed by atoms with Crippen LogP contribution in [0.25, 0.3) is 0 Å². The van der Waals surface area contributed by atoms with Crippen molar-refractivity contribution in [2.75, 3.05) is 12.8 Å². The summed E-state index contributed by atoms with van der Waals surface area (Å²) >= 11 is 0. The third-order valence-electron chi connectivity index (χ3n) is 3.34. The number of halogens is 1. The molecule has 1 amide bonds. The molecule has 0 aliphatic heterocycles. The highest BCUT2D eigenvalue weighted by Gasteiger charge is 2.28. The smallest absolute Gasteiger partial charge is 0.251 e. The molecule has 1 saturated carbocycles. The predicted octanol–water partition coefficient (Wildman–Crippen LogP) is 1.12. The van der Waals surface area contributed by atoms with Gasteiger partial charge in [0.25, 0.3) is 5.91 Å². The van der Waals surface area contributed by atoms with E-state index in [1.165, 1.54) is 6.26 Å². The molecule has 1 unspecified atom stereocenters. The second-order valence-electron chi connectivity index (χ2n) is 5.48. The van der Waals surface area contributed by atoms with Crippen LogP contribution in [0.3, 0.4) is 0 Å². The zero-order chi connectivity index (χ0) is 14.8. The lowest BCUT2D eigenvalue weighted by Crippen LogP contribution is -2.38. The minimum absolute atomic E-state index is 0. The maximum absolute atomic E-state index is 12.0. The summed E-state index contributed by atoms with van der Waals surface area (Å²) in [6, 6.07) is 6.69. The van der Waals surface area contributed by atoms with Gasteiger partial charge in [0, 0.05) is 24.4 Å². The maximum Gasteiger partial charge on any atom is 0.251 e. The van der Waals surface area contributed by atoms with Crippen molar-refractivity contribution in [1.29, 1.82) is 0 Å². The molecule has 1 aromatic carbocycles. The molecule has 21 heavy (non-hydrogen) atoms. The van der Waals surface area contributed by atoms with Gasteiger partial charge in [0.05, 0.1) is 5.75 Å². The van der Waals surface area contributed by atoms with Crippen LogP contribution in [0.15, 0.2) is 24.3 Å². The van der Waals surface area contributed by atoms with E-state index in [4.69, 9.17) is 5.73 Å². The Bertz CT molecular complexity index is 600. The molecule has 0 spiro atoms. The van der Waals surface area contributed by atoms with E-state index in [0.29, 0.717) is 23.6 Å². The fourth-order valence-corrected chi connectivity index (χ4v) is 2.89. The molecule has 7 heteroatoms. The molecule has 118 valence electrons. The molecule has 1 fully saturated rings. The van der Waals surface area contributed by atoms with E-state index in [1.807, 2.05) is 0 Å². The molecule has 0 heterocycles. The van der Waals surface area contributed by atoms with E-state index in [1.54, 1.807) is 24.3 Å². The van der Waals surface area contributed by atoms with Crippen molar-refractivity contribution in [3.63, 3.8) is 0 Å². The van der Waals surface area contributed by atoms with Crippen LogP contribution in [0, 0.1) is 5.92 Å². The van der Waals surface area contributed by atoms with Crippen molar-refractivity contribution in [3.05, 3.63) is 35.4 Å². The fraction of sp³-hybridized carbons (Fsp3) is 0.500. The molecule has 1 atom stereocenters. The van der Waals surface area contributed by atoms with E-state index in [0.717, 1.165) is 12.8 Å². The molecule has 0 radical (unpaired) electrons. The van der Waals surface area contributed by atoms with Crippen molar-refractivity contribution in [1.82, 2.24) is 5.32 Å². The first-order chi connectivity index (χ1) is 9.35. The fourth-order valence-electron chi connectivity index (χ4n) is 2.11. The molecule has 1 aliphatic rings. The van der Waals surface area contributed by atoms with Gasteiger partial charge >= 0.3 is 0 Å². The van der Waals surface area contributed by atoms with E-state index in [-0.39, 0.29) is 30.1 Å². The number of carbonyl (C=O) groups excluding carboxylic acids is 1. The zero-order valence-corrected chi connectivity index (χ0v) is 13.5. The van der Waals surface area contributed by atoms with Gasteiger partial charge < -0.3 is 11.1 Å². The van der Waals surface area contributed by atoms with Crippen molar-refractivity contribution in [3.8, 4) is 0 Å². The van der Waals surface area contributed by atoms with Gasteiger partial charge in [0.15, 0.2) is 9.84 Å². The third-order valence-corrected chi connectivity index (χ3v) is 4.20. The lowest BCUT2D eigenvalue weighted by atomic mass is 10.1. The highest BCUT2D eigenvalue weighted by atomic mass is 35.5. The molecule has 1 aliphatic carbocycles. The van der Waals surface area contributed by atoms with Crippen LogP contribution in [0.4, 0.5) is 0 Å². The summed E-state index contributed by atoms with van der Waals surface area (Å²) in [6.45, 7) is 0.458. The highest BCUT2D eigenvalue weighted by Crippen LogP contribution is 2.31. The van der Waals surface area contributed by atoms with Gasteiger partial charge in [-0.2, -0.15) is 0 Å². The Hall–Kier alpha value is -1.11. The first-order valence-electron chi connectivity index (χ1n) is 6.65. The van der Waals surface area contributed by atoms with E-state index < -0.39 is 9.84 Å². The first-order valence-corrected chi connectivity index (χ1v) is 8.71. The standard InChI is InChI=1S/C14H20N2O3S.ClH/c1-20(18,19)9-10-3-2-4-12(7-10)14(17)16-8-13(15)11-5-6-11;/h2-4,7,11,13H,5-6,8-9,15H2,1H3,(H,16,17);1H. The largest absolute Gasteiger partial charge is 0.350 e. The number of sulfone groups is 1. The SMILES string of the molecule is CS(=O)(=O)Cc1cccc(C(=O)NCC(N)C2CC2)c1.Cl. The monoisotopic (exact) mass is 332 g/mol. The lowest BCUT2D eigenvalue weighted by Gasteiger charge is -2.12. The minimum Gasteiger partial charge on any atom is -0.350 e. The van der Waals surface area contributed by atoms with Crippen LogP contribution in [0.2, 0.25) is 0 Å². The lowest BCUT2D eigenvalue weighted by molar-refractivity contribution is 0.0950. The van der Waals surface area contributed by atoms with Crippen LogP contribution in [0.1, 0.15) is 28.8 Å². The van der Waals surface area contributed by atoms with Crippen molar-refractivity contribution in [2.24, 2.45) is 11.7 Å². The van der Waals surface area contributed by atoms with Gasteiger partial charge in [0.2, 0.25) is 0 Å². The average Bonchev–Trinajstić information content (AvgIpc) is 3.18. The number of carbonyl (C=O) groups is 1. The first kappa shape index (κ1) is 17.9. The Morgan fingerprint density at radius 3 is 2.67 bits per heavy atom. The van der Waals surface area contributed by atoms with Gasteiger partial charge in [-0.3, -0.25) is 4.79 Å². The van der Waals surface area contributed by atoms with Crippen molar-refractivity contribution < 1.29 is 13.2 Å². The number of hydrogen-bond acceptors (Lipinski definition) is 4. The average molecular weight is 333 g/mol. The molecule has 5 nitrogen and oxygen atoms in total. The van der Waals surface area contributed by atoms with Crippen molar-refractivity contribution >= 4 is 28.2 Å².